The third-order valence-electron chi connectivity index (χ3n) is 4.55. The lowest BCUT2D eigenvalue weighted by Gasteiger charge is -2.09. The molecule has 3 heterocycles. The number of aliphatic hydroxyl groups excluding tert-OH is 1. The Kier molecular flexibility index (Phi) is 5.34. The molecule has 7 nitrogen and oxygen atoms in total. The first-order chi connectivity index (χ1) is 13.6. The van der Waals surface area contributed by atoms with Crippen molar-refractivity contribution < 1.29 is 9.84 Å². The molecule has 0 bridgehead atoms. The van der Waals surface area contributed by atoms with Crippen molar-refractivity contribution in [3.8, 4) is 5.82 Å². The predicted molar refractivity (Wildman–Crippen MR) is 108 cm³/mol. The highest BCUT2D eigenvalue weighted by Gasteiger charge is 2.14. The molecule has 28 heavy (non-hydrogen) atoms. The number of benzene rings is 1. The van der Waals surface area contributed by atoms with E-state index in [1.807, 2.05) is 42.6 Å². The van der Waals surface area contributed by atoms with Crippen LogP contribution < -0.4 is 4.87 Å². The first-order valence-electron chi connectivity index (χ1n) is 8.96. The van der Waals surface area contributed by atoms with Gasteiger partial charge in [0, 0.05) is 18.3 Å². The number of aromatic amines is 1. The quantitative estimate of drug-likeness (QED) is 0.469. The van der Waals surface area contributed by atoms with Gasteiger partial charge in [0.1, 0.15) is 0 Å². The van der Waals surface area contributed by atoms with Crippen LogP contribution in [0.1, 0.15) is 29.7 Å². The summed E-state index contributed by atoms with van der Waals surface area (Å²) in [7, 11) is 0. The van der Waals surface area contributed by atoms with Gasteiger partial charge in [-0.1, -0.05) is 30.4 Å². The molecule has 0 aliphatic heterocycles. The fraction of sp³-hybridized carbons (Fsp3) is 0.250. The molecule has 1 atom stereocenters. The number of pyridine rings is 1. The summed E-state index contributed by atoms with van der Waals surface area (Å²) in [6.07, 6.45) is 3.64. The van der Waals surface area contributed by atoms with E-state index in [1.54, 1.807) is 10.9 Å². The number of aromatic nitrogens is 4. The SMILES string of the molecule is CC(c1ccc2[nH]c(=O)sc2c1)c1ccn(-c2ccc(COCCO)cn2)n1. The average Bonchev–Trinajstić information content (AvgIpc) is 3.33. The summed E-state index contributed by atoms with van der Waals surface area (Å²) >= 11 is 1.22. The molecule has 4 rings (SSSR count). The highest BCUT2D eigenvalue weighted by Crippen LogP contribution is 2.26. The van der Waals surface area contributed by atoms with Crippen molar-refractivity contribution in [3.63, 3.8) is 0 Å². The lowest BCUT2D eigenvalue weighted by molar-refractivity contribution is 0.0814. The van der Waals surface area contributed by atoms with Gasteiger partial charge in [-0.2, -0.15) is 5.10 Å². The van der Waals surface area contributed by atoms with Gasteiger partial charge >= 0.3 is 4.87 Å². The summed E-state index contributed by atoms with van der Waals surface area (Å²) in [6, 6.07) is 11.8. The van der Waals surface area contributed by atoms with Crippen LogP contribution in [0.3, 0.4) is 0 Å². The Morgan fingerprint density at radius 2 is 2.18 bits per heavy atom. The molecule has 0 saturated carbocycles. The number of hydrogen-bond donors (Lipinski definition) is 2. The largest absolute Gasteiger partial charge is 0.394 e. The van der Waals surface area contributed by atoms with Gasteiger partial charge in [-0.15, -0.1) is 0 Å². The molecule has 0 aliphatic carbocycles. The van der Waals surface area contributed by atoms with E-state index in [9.17, 15) is 4.79 Å². The van der Waals surface area contributed by atoms with E-state index >= 15 is 0 Å². The highest BCUT2D eigenvalue weighted by atomic mass is 32.1. The minimum atomic E-state index is -0.0413. The van der Waals surface area contributed by atoms with Gasteiger partial charge in [-0.3, -0.25) is 4.79 Å². The number of thiazole rings is 1. The second-order valence-corrected chi connectivity index (χ2v) is 7.49. The number of rotatable bonds is 7. The molecule has 1 unspecified atom stereocenters. The van der Waals surface area contributed by atoms with Crippen molar-refractivity contribution >= 4 is 21.6 Å². The number of H-pyrrole nitrogens is 1. The van der Waals surface area contributed by atoms with E-state index in [2.05, 4.69) is 22.0 Å². The van der Waals surface area contributed by atoms with Crippen LogP contribution in [0.15, 0.2) is 53.6 Å². The molecule has 1 aromatic carbocycles. The molecule has 2 N–H and O–H groups in total. The zero-order valence-corrected chi connectivity index (χ0v) is 16.1. The molecule has 0 aliphatic rings. The Bertz CT molecular complexity index is 1130. The third kappa shape index (κ3) is 3.89. The fourth-order valence-corrected chi connectivity index (χ4v) is 3.78. The second kappa shape index (κ2) is 8.05. The highest BCUT2D eigenvalue weighted by molar-refractivity contribution is 7.16. The first-order valence-corrected chi connectivity index (χ1v) is 9.78. The summed E-state index contributed by atoms with van der Waals surface area (Å²) in [4.78, 5) is 18.7. The molecular formula is C20H20N4O3S. The zero-order valence-electron chi connectivity index (χ0n) is 15.3. The normalized spacial score (nSPS) is 12.5. The second-order valence-electron chi connectivity index (χ2n) is 6.48. The molecule has 144 valence electrons. The molecule has 0 saturated heterocycles. The summed E-state index contributed by atoms with van der Waals surface area (Å²) < 4.78 is 8.00. The maximum Gasteiger partial charge on any atom is 0.305 e. The Morgan fingerprint density at radius 1 is 1.29 bits per heavy atom. The first kappa shape index (κ1) is 18.5. The molecule has 0 amide bonds. The predicted octanol–water partition coefficient (Wildman–Crippen LogP) is 2.83. The molecule has 8 heteroatoms. The average molecular weight is 396 g/mol. The lowest BCUT2D eigenvalue weighted by Crippen LogP contribution is -2.03. The van der Waals surface area contributed by atoms with E-state index in [1.165, 1.54) is 11.3 Å². The number of nitrogens with one attached hydrogen (secondary N) is 1. The van der Waals surface area contributed by atoms with Gasteiger partial charge in [-0.05, 0) is 35.4 Å². The van der Waals surface area contributed by atoms with Crippen molar-refractivity contribution in [1.82, 2.24) is 19.7 Å². The van der Waals surface area contributed by atoms with Crippen molar-refractivity contribution in [2.45, 2.75) is 19.4 Å². The maximum atomic E-state index is 11.5. The van der Waals surface area contributed by atoms with Gasteiger partial charge < -0.3 is 14.8 Å². The molecule has 0 radical (unpaired) electrons. The van der Waals surface area contributed by atoms with E-state index in [4.69, 9.17) is 9.84 Å². The van der Waals surface area contributed by atoms with Gasteiger partial charge in [0.25, 0.3) is 0 Å². The van der Waals surface area contributed by atoms with E-state index in [-0.39, 0.29) is 17.4 Å². The van der Waals surface area contributed by atoms with Gasteiger partial charge in [0.2, 0.25) is 0 Å². The number of hydrogen-bond acceptors (Lipinski definition) is 6. The molecule has 4 aromatic rings. The molecule has 0 spiro atoms. The van der Waals surface area contributed by atoms with Crippen LogP contribution in [0.5, 0.6) is 0 Å². The van der Waals surface area contributed by atoms with Gasteiger partial charge in [0.05, 0.1) is 35.7 Å². The molecule has 0 fully saturated rings. The summed E-state index contributed by atoms with van der Waals surface area (Å²) in [6.45, 7) is 2.84. The van der Waals surface area contributed by atoms with Crippen molar-refractivity contribution in [2.75, 3.05) is 13.2 Å². The fourth-order valence-electron chi connectivity index (χ4n) is 2.99. The summed E-state index contributed by atoms with van der Waals surface area (Å²) in [5, 5.41) is 13.4. The van der Waals surface area contributed by atoms with Crippen molar-refractivity contribution in [2.24, 2.45) is 0 Å². The lowest BCUT2D eigenvalue weighted by atomic mass is 9.98. The number of ether oxygens (including phenoxy) is 1. The van der Waals surface area contributed by atoms with E-state index in [0.717, 1.165) is 32.9 Å². The molecular weight excluding hydrogens is 376 g/mol. The maximum absolute atomic E-state index is 11.5. The van der Waals surface area contributed by atoms with Gasteiger partial charge in [-0.25, -0.2) is 9.67 Å². The Labute approximate surface area is 165 Å². The van der Waals surface area contributed by atoms with Crippen LogP contribution >= 0.6 is 11.3 Å². The van der Waals surface area contributed by atoms with E-state index in [0.29, 0.717) is 13.2 Å². The standard InChI is InChI=1S/C20H20N4O3S/c1-13(15-3-4-17-18(10-15)28-20(26)22-17)16-6-7-24(23-16)19-5-2-14(11-21-19)12-27-9-8-25/h2-7,10-11,13,25H,8-9,12H2,1H3,(H,22,26). The van der Waals surface area contributed by atoms with Crippen LogP contribution in [0.25, 0.3) is 16.0 Å². The topological polar surface area (TPSA) is 93.0 Å². The Morgan fingerprint density at radius 3 is 2.96 bits per heavy atom. The van der Waals surface area contributed by atoms with Gasteiger partial charge in [0.15, 0.2) is 5.82 Å². The monoisotopic (exact) mass is 396 g/mol. The summed E-state index contributed by atoms with van der Waals surface area (Å²) in [5.41, 5.74) is 3.84. The van der Waals surface area contributed by atoms with Crippen LogP contribution in [-0.4, -0.2) is 38.1 Å². The van der Waals surface area contributed by atoms with Crippen LogP contribution in [0, 0.1) is 0 Å². The number of aliphatic hydroxyl groups is 1. The Balaban J connectivity index is 1.52. The molecule has 3 aromatic heterocycles. The van der Waals surface area contributed by atoms with Crippen LogP contribution in [-0.2, 0) is 11.3 Å². The van der Waals surface area contributed by atoms with E-state index < -0.39 is 0 Å². The van der Waals surface area contributed by atoms with Crippen LogP contribution in [0.4, 0.5) is 0 Å². The zero-order chi connectivity index (χ0) is 19.5. The van der Waals surface area contributed by atoms with Crippen molar-refractivity contribution in [3.05, 3.63) is 75.3 Å². The minimum absolute atomic E-state index is 0.00941. The van der Waals surface area contributed by atoms with Crippen LogP contribution in [0.2, 0.25) is 0 Å². The Hall–Kier alpha value is -2.81. The minimum Gasteiger partial charge on any atom is -0.394 e. The van der Waals surface area contributed by atoms with Crippen molar-refractivity contribution in [1.29, 1.82) is 0 Å². The third-order valence-corrected chi connectivity index (χ3v) is 5.39. The smallest absolute Gasteiger partial charge is 0.305 e. The summed E-state index contributed by atoms with van der Waals surface area (Å²) in [5.74, 6) is 0.817. The number of fused-ring (bicyclic) bond motifs is 1. The number of nitrogens with zero attached hydrogens (tertiary/aromatic N) is 3.